The smallest absolute Gasteiger partial charge is 0.411 e. The SMILES string of the molecule is O=C(COCC(F)(F)F)N[C@@H](c1ccccc1)c1cc2ccccc2o1. The number of hydrogen-bond acceptors (Lipinski definition) is 3. The van der Waals surface area contributed by atoms with E-state index in [2.05, 4.69) is 10.1 Å². The molecule has 0 unspecified atom stereocenters. The highest BCUT2D eigenvalue weighted by Gasteiger charge is 2.28. The van der Waals surface area contributed by atoms with Gasteiger partial charge in [0.2, 0.25) is 5.91 Å². The average molecular weight is 363 g/mol. The zero-order valence-corrected chi connectivity index (χ0v) is 13.6. The molecular weight excluding hydrogens is 347 g/mol. The molecule has 0 aliphatic heterocycles. The predicted molar refractivity (Wildman–Crippen MR) is 89.5 cm³/mol. The minimum Gasteiger partial charge on any atom is -0.459 e. The summed E-state index contributed by atoms with van der Waals surface area (Å²) in [5.74, 6) is -0.176. The number of furan rings is 1. The first-order chi connectivity index (χ1) is 12.4. The minimum absolute atomic E-state index is 0.488. The van der Waals surface area contributed by atoms with Gasteiger partial charge in [-0.2, -0.15) is 13.2 Å². The van der Waals surface area contributed by atoms with Crippen LogP contribution in [0.5, 0.6) is 0 Å². The maximum atomic E-state index is 12.1. The number of para-hydroxylation sites is 1. The molecule has 1 atom stereocenters. The Morgan fingerprint density at radius 1 is 1.08 bits per heavy atom. The van der Waals surface area contributed by atoms with Crippen LogP contribution in [0.2, 0.25) is 0 Å². The third kappa shape index (κ3) is 4.64. The lowest BCUT2D eigenvalue weighted by molar-refractivity contribution is -0.175. The van der Waals surface area contributed by atoms with E-state index in [4.69, 9.17) is 4.42 Å². The number of fused-ring (bicyclic) bond motifs is 1. The highest BCUT2D eigenvalue weighted by molar-refractivity contribution is 5.80. The molecule has 2 aromatic carbocycles. The van der Waals surface area contributed by atoms with Gasteiger partial charge in [-0.05, 0) is 17.7 Å². The van der Waals surface area contributed by atoms with E-state index >= 15 is 0 Å². The van der Waals surface area contributed by atoms with Gasteiger partial charge in [0, 0.05) is 5.39 Å². The zero-order valence-electron chi connectivity index (χ0n) is 13.6. The van der Waals surface area contributed by atoms with Crippen molar-refractivity contribution >= 4 is 16.9 Å². The third-order valence-corrected chi connectivity index (χ3v) is 3.67. The Labute approximate surface area is 147 Å². The normalized spacial score (nSPS) is 12.9. The monoisotopic (exact) mass is 363 g/mol. The lowest BCUT2D eigenvalue weighted by atomic mass is 10.0. The number of halogens is 3. The maximum Gasteiger partial charge on any atom is 0.411 e. The topological polar surface area (TPSA) is 51.5 Å². The Morgan fingerprint density at radius 3 is 2.46 bits per heavy atom. The van der Waals surface area contributed by atoms with Gasteiger partial charge in [-0.25, -0.2) is 0 Å². The predicted octanol–water partition coefficient (Wildman–Crippen LogP) is 4.22. The molecule has 0 radical (unpaired) electrons. The Bertz CT molecular complexity index is 841. The minimum atomic E-state index is -4.47. The number of nitrogens with one attached hydrogen (secondary N) is 1. The molecule has 1 N–H and O–H groups in total. The molecular formula is C19H16F3NO3. The van der Waals surface area contributed by atoms with E-state index in [1.165, 1.54) is 0 Å². The second-order valence-corrected chi connectivity index (χ2v) is 5.71. The summed E-state index contributed by atoms with van der Waals surface area (Å²) >= 11 is 0. The van der Waals surface area contributed by atoms with Crippen molar-refractivity contribution < 1.29 is 27.1 Å². The molecule has 0 aliphatic rings. The van der Waals surface area contributed by atoms with Crippen LogP contribution < -0.4 is 5.32 Å². The van der Waals surface area contributed by atoms with Crippen LogP contribution in [-0.2, 0) is 9.53 Å². The van der Waals surface area contributed by atoms with Crippen LogP contribution in [0.1, 0.15) is 17.4 Å². The Hall–Kier alpha value is -2.80. The van der Waals surface area contributed by atoms with Crippen LogP contribution in [0.25, 0.3) is 11.0 Å². The van der Waals surface area contributed by atoms with Crippen molar-refractivity contribution in [1.82, 2.24) is 5.32 Å². The van der Waals surface area contributed by atoms with Crippen LogP contribution in [0.4, 0.5) is 13.2 Å². The fraction of sp³-hybridized carbons (Fsp3) is 0.211. The fourth-order valence-electron chi connectivity index (χ4n) is 2.57. The molecule has 1 heterocycles. The maximum absolute atomic E-state index is 12.1. The van der Waals surface area contributed by atoms with Crippen molar-refractivity contribution in [2.75, 3.05) is 13.2 Å². The Balaban J connectivity index is 1.79. The summed E-state index contributed by atoms with van der Waals surface area (Å²) in [4.78, 5) is 12.1. The van der Waals surface area contributed by atoms with Crippen molar-refractivity contribution in [2.24, 2.45) is 0 Å². The molecule has 1 aromatic heterocycles. The highest BCUT2D eigenvalue weighted by atomic mass is 19.4. The van der Waals surface area contributed by atoms with Crippen LogP contribution in [0.15, 0.2) is 65.1 Å². The van der Waals surface area contributed by atoms with E-state index in [1.54, 1.807) is 36.4 Å². The van der Waals surface area contributed by atoms with E-state index in [-0.39, 0.29) is 0 Å². The van der Waals surface area contributed by atoms with Gasteiger partial charge < -0.3 is 14.5 Å². The molecule has 0 fully saturated rings. The molecule has 3 rings (SSSR count). The van der Waals surface area contributed by atoms with Crippen LogP contribution in [0.3, 0.4) is 0 Å². The second kappa shape index (κ2) is 7.61. The fourth-order valence-corrected chi connectivity index (χ4v) is 2.57. The lowest BCUT2D eigenvalue weighted by Gasteiger charge is -2.17. The summed E-state index contributed by atoms with van der Waals surface area (Å²) in [6.07, 6.45) is -4.47. The number of benzene rings is 2. The third-order valence-electron chi connectivity index (χ3n) is 3.67. The van der Waals surface area contributed by atoms with Gasteiger partial charge in [0.15, 0.2) is 0 Å². The Kier molecular flexibility index (Phi) is 5.27. The van der Waals surface area contributed by atoms with Crippen LogP contribution in [-0.4, -0.2) is 25.3 Å². The molecule has 0 bridgehead atoms. The van der Waals surface area contributed by atoms with Gasteiger partial charge in [0.1, 0.15) is 30.6 Å². The van der Waals surface area contributed by atoms with Gasteiger partial charge >= 0.3 is 6.18 Å². The van der Waals surface area contributed by atoms with Crippen molar-refractivity contribution in [3.05, 3.63) is 72.0 Å². The van der Waals surface area contributed by atoms with Crippen molar-refractivity contribution in [3.63, 3.8) is 0 Å². The van der Waals surface area contributed by atoms with Crippen molar-refractivity contribution in [3.8, 4) is 0 Å². The highest BCUT2D eigenvalue weighted by Crippen LogP contribution is 2.28. The van der Waals surface area contributed by atoms with Gasteiger partial charge in [-0.15, -0.1) is 0 Å². The molecule has 3 aromatic rings. The van der Waals surface area contributed by atoms with E-state index in [1.807, 2.05) is 24.3 Å². The van der Waals surface area contributed by atoms with Gasteiger partial charge in [-0.1, -0.05) is 48.5 Å². The zero-order chi connectivity index (χ0) is 18.6. The quantitative estimate of drug-likeness (QED) is 0.714. The first-order valence-electron chi connectivity index (χ1n) is 7.90. The van der Waals surface area contributed by atoms with Crippen LogP contribution in [0, 0.1) is 0 Å². The van der Waals surface area contributed by atoms with Gasteiger partial charge in [0.25, 0.3) is 0 Å². The molecule has 0 aliphatic carbocycles. The first kappa shape index (κ1) is 18.0. The number of carbonyl (C=O) groups is 1. The molecule has 7 heteroatoms. The van der Waals surface area contributed by atoms with Crippen molar-refractivity contribution in [2.45, 2.75) is 12.2 Å². The molecule has 136 valence electrons. The number of alkyl halides is 3. The molecule has 0 saturated heterocycles. The summed E-state index contributed by atoms with van der Waals surface area (Å²) in [6, 6.07) is 17.6. The summed E-state index contributed by atoms with van der Waals surface area (Å²) in [5.41, 5.74) is 1.40. The number of carbonyl (C=O) groups excluding carboxylic acids is 1. The largest absolute Gasteiger partial charge is 0.459 e. The molecule has 0 spiro atoms. The standard InChI is InChI=1S/C19H16F3NO3/c20-19(21,22)12-25-11-17(24)23-18(13-6-2-1-3-7-13)16-10-14-8-4-5-9-15(14)26-16/h1-10,18H,11-12H2,(H,23,24)/t18-/m0/s1. The Morgan fingerprint density at radius 2 is 1.77 bits per heavy atom. The molecule has 1 amide bonds. The molecule has 4 nitrogen and oxygen atoms in total. The average Bonchev–Trinajstić information content (AvgIpc) is 3.03. The van der Waals surface area contributed by atoms with E-state index in [0.717, 1.165) is 10.9 Å². The number of rotatable bonds is 6. The summed E-state index contributed by atoms with van der Waals surface area (Å²) in [5, 5.41) is 3.54. The number of hydrogen-bond donors (Lipinski definition) is 1. The van der Waals surface area contributed by atoms with Crippen molar-refractivity contribution in [1.29, 1.82) is 0 Å². The lowest BCUT2D eigenvalue weighted by Crippen LogP contribution is -2.33. The second-order valence-electron chi connectivity index (χ2n) is 5.71. The number of ether oxygens (including phenoxy) is 1. The van der Waals surface area contributed by atoms with E-state index in [9.17, 15) is 18.0 Å². The first-order valence-corrected chi connectivity index (χ1v) is 7.90. The van der Waals surface area contributed by atoms with Gasteiger partial charge in [-0.3, -0.25) is 4.79 Å². The molecule has 0 saturated carbocycles. The van der Waals surface area contributed by atoms with Gasteiger partial charge in [0.05, 0.1) is 0 Å². The van der Waals surface area contributed by atoms with E-state index in [0.29, 0.717) is 11.3 Å². The summed E-state index contributed by atoms with van der Waals surface area (Å²) in [6.45, 7) is -2.16. The van der Waals surface area contributed by atoms with Crippen LogP contribution >= 0.6 is 0 Å². The molecule has 26 heavy (non-hydrogen) atoms. The summed E-state index contributed by atoms with van der Waals surface area (Å²) in [7, 11) is 0. The summed E-state index contributed by atoms with van der Waals surface area (Å²) < 4.78 is 46.7. The van der Waals surface area contributed by atoms with E-state index < -0.39 is 31.3 Å². The number of amides is 1.